The standard InChI is InChI=1S/C13H20N2O2/c1-10(9-16)4-3-6-15-13(17)12-5-7-14-11(2)8-12/h5,7-8,10,16H,3-4,6,9H2,1-2H3,(H,15,17). The second-order valence-electron chi connectivity index (χ2n) is 4.37. The van der Waals surface area contributed by atoms with Crippen LogP contribution in [0, 0.1) is 12.8 Å². The molecule has 1 aromatic rings. The number of hydrogen-bond acceptors (Lipinski definition) is 3. The summed E-state index contributed by atoms with van der Waals surface area (Å²) in [5.41, 5.74) is 1.49. The Morgan fingerprint density at radius 3 is 3.00 bits per heavy atom. The molecule has 0 saturated heterocycles. The molecule has 17 heavy (non-hydrogen) atoms. The van der Waals surface area contributed by atoms with Crippen LogP contribution in [-0.4, -0.2) is 29.1 Å². The van der Waals surface area contributed by atoms with Gasteiger partial charge in [-0.05, 0) is 37.8 Å². The van der Waals surface area contributed by atoms with Crippen molar-refractivity contribution in [2.45, 2.75) is 26.7 Å². The van der Waals surface area contributed by atoms with Crippen molar-refractivity contribution in [3.05, 3.63) is 29.6 Å². The first-order valence-electron chi connectivity index (χ1n) is 5.95. The predicted octanol–water partition coefficient (Wildman–Crippen LogP) is 1.53. The fourth-order valence-corrected chi connectivity index (χ4v) is 1.53. The smallest absolute Gasteiger partial charge is 0.251 e. The molecule has 0 aliphatic rings. The zero-order chi connectivity index (χ0) is 12.7. The number of pyridine rings is 1. The highest BCUT2D eigenvalue weighted by Gasteiger charge is 2.05. The van der Waals surface area contributed by atoms with Crippen LogP contribution in [-0.2, 0) is 0 Å². The van der Waals surface area contributed by atoms with Crippen LogP contribution in [0.5, 0.6) is 0 Å². The van der Waals surface area contributed by atoms with Crippen molar-refractivity contribution < 1.29 is 9.90 Å². The molecule has 0 fully saturated rings. The molecule has 1 unspecified atom stereocenters. The molecule has 0 aliphatic heterocycles. The Morgan fingerprint density at radius 1 is 1.59 bits per heavy atom. The molecule has 94 valence electrons. The number of carbonyl (C=O) groups excluding carboxylic acids is 1. The van der Waals surface area contributed by atoms with E-state index in [-0.39, 0.29) is 12.5 Å². The first-order chi connectivity index (χ1) is 8.13. The first-order valence-corrected chi connectivity index (χ1v) is 5.95. The van der Waals surface area contributed by atoms with E-state index >= 15 is 0 Å². The second kappa shape index (κ2) is 7.01. The maximum absolute atomic E-state index is 11.7. The fraction of sp³-hybridized carbons (Fsp3) is 0.538. The number of aryl methyl sites for hydroxylation is 1. The summed E-state index contributed by atoms with van der Waals surface area (Å²) in [6.07, 6.45) is 3.45. The van der Waals surface area contributed by atoms with Gasteiger partial charge in [-0.3, -0.25) is 9.78 Å². The molecular weight excluding hydrogens is 216 g/mol. The minimum atomic E-state index is -0.0628. The van der Waals surface area contributed by atoms with E-state index in [2.05, 4.69) is 10.3 Å². The van der Waals surface area contributed by atoms with Crippen molar-refractivity contribution in [2.75, 3.05) is 13.2 Å². The largest absolute Gasteiger partial charge is 0.396 e. The molecular formula is C13H20N2O2. The number of rotatable bonds is 6. The molecule has 1 heterocycles. The van der Waals surface area contributed by atoms with Crippen LogP contribution in [0.15, 0.2) is 18.3 Å². The van der Waals surface area contributed by atoms with E-state index in [4.69, 9.17) is 5.11 Å². The van der Waals surface area contributed by atoms with Crippen molar-refractivity contribution in [1.29, 1.82) is 0 Å². The molecule has 1 atom stereocenters. The van der Waals surface area contributed by atoms with Gasteiger partial charge < -0.3 is 10.4 Å². The van der Waals surface area contributed by atoms with E-state index in [0.29, 0.717) is 18.0 Å². The van der Waals surface area contributed by atoms with Gasteiger partial charge in [-0.15, -0.1) is 0 Å². The topological polar surface area (TPSA) is 62.2 Å². The van der Waals surface area contributed by atoms with Crippen LogP contribution in [0.1, 0.15) is 35.8 Å². The average Bonchev–Trinajstić information content (AvgIpc) is 2.34. The Bertz CT molecular complexity index is 366. The summed E-state index contributed by atoms with van der Waals surface area (Å²) in [4.78, 5) is 15.8. The molecule has 0 spiro atoms. The summed E-state index contributed by atoms with van der Waals surface area (Å²) in [6, 6.07) is 3.48. The van der Waals surface area contributed by atoms with E-state index < -0.39 is 0 Å². The van der Waals surface area contributed by atoms with E-state index in [0.717, 1.165) is 18.5 Å². The number of nitrogens with one attached hydrogen (secondary N) is 1. The van der Waals surface area contributed by atoms with Gasteiger partial charge in [-0.1, -0.05) is 6.92 Å². The Morgan fingerprint density at radius 2 is 2.35 bits per heavy atom. The molecule has 4 nitrogen and oxygen atoms in total. The molecule has 0 bridgehead atoms. The summed E-state index contributed by atoms with van der Waals surface area (Å²) in [7, 11) is 0. The summed E-state index contributed by atoms with van der Waals surface area (Å²) >= 11 is 0. The third-order valence-electron chi connectivity index (χ3n) is 2.63. The van der Waals surface area contributed by atoms with Gasteiger partial charge in [0.05, 0.1) is 0 Å². The molecule has 1 aromatic heterocycles. The molecule has 0 aromatic carbocycles. The zero-order valence-electron chi connectivity index (χ0n) is 10.4. The Kier molecular flexibility index (Phi) is 5.63. The third kappa shape index (κ3) is 4.95. The first kappa shape index (κ1) is 13.6. The molecule has 2 N–H and O–H groups in total. The van der Waals surface area contributed by atoms with Crippen molar-refractivity contribution in [3.63, 3.8) is 0 Å². The lowest BCUT2D eigenvalue weighted by molar-refractivity contribution is 0.0952. The van der Waals surface area contributed by atoms with E-state index in [9.17, 15) is 4.79 Å². The van der Waals surface area contributed by atoms with Gasteiger partial charge in [0, 0.05) is 30.6 Å². The lowest BCUT2D eigenvalue weighted by Crippen LogP contribution is -2.25. The van der Waals surface area contributed by atoms with E-state index in [1.807, 2.05) is 13.8 Å². The van der Waals surface area contributed by atoms with Crippen molar-refractivity contribution in [3.8, 4) is 0 Å². The lowest BCUT2D eigenvalue weighted by Gasteiger charge is -2.08. The molecule has 0 aliphatic carbocycles. The van der Waals surface area contributed by atoms with Gasteiger partial charge in [0.1, 0.15) is 0 Å². The Balaban J connectivity index is 2.30. The highest BCUT2D eigenvalue weighted by atomic mass is 16.3. The summed E-state index contributed by atoms with van der Waals surface area (Å²) < 4.78 is 0. The molecule has 0 radical (unpaired) electrons. The number of carbonyl (C=O) groups is 1. The van der Waals surface area contributed by atoms with Crippen molar-refractivity contribution in [1.82, 2.24) is 10.3 Å². The third-order valence-corrected chi connectivity index (χ3v) is 2.63. The highest BCUT2D eigenvalue weighted by Crippen LogP contribution is 2.04. The van der Waals surface area contributed by atoms with Gasteiger partial charge in [0.25, 0.3) is 5.91 Å². The maximum Gasteiger partial charge on any atom is 0.251 e. The summed E-state index contributed by atoms with van der Waals surface area (Å²) in [5.74, 6) is 0.238. The number of aliphatic hydroxyl groups is 1. The normalized spacial score (nSPS) is 12.2. The minimum absolute atomic E-state index is 0.0628. The SMILES string of the molecule is Cc1cc(C(=O)NCCCC(C)CO)ccn1. The zero-order valence-corrected chi connectivity index (χ0v) is 10.4. The minimum Gasteiger partial charge on any atom is -0.396 e. The number of aliphatic hydroxyl groups excluding tert-OH is 1. The Labute approximate surface area is 102 Å². The summed E-state index contributed by atoms with van der Waals surface area (Å²) in [6.45, 7) is 4.70. The van der Waals surface area contributed by atoms with Crippen molar-refractivity contribution >= 4 is 5.91 Å². The van der Waals surface area contributed by atoms with Gasteiger partial charge in [-0.25, -0.2) is 0 Å². The lowest BCUT2D eigenvalue weighted by atomic mass is 10.1. The summed E-state index contributed by atoms with van der Waals surface area (Å²) in [5, 5.41) is 11.7. The fourth-order valence-electron chi connectivity index (χ4n) is 1.53. The molecule has 0 saturated carbocycles. The second-order valence-corrected chi connectivity index (χ2v) is 4.37. The van der Waals surface area contributed by atoms with Crippen LogP contribution < -0.4 is 5.32 Å². The van der Waals surface area contributed by atoms with Crippen LogP contribution in [0.3, 0.4) is 0 Å². The van der Waals surface area contributed by atoms with Crippen LogP contribution in [0.2, 0.25) is 0 Å². The maximum atomic E-state index is 11.7. The Hall–Kier alpha value is -1.42. The van der Waals surface area contributed by atoms with Gasteiger partial charge in [-0.2, -0.15) is 0 Å². The monoisotopic (exact) mass is 236 g/mol. The van der Waals surface area contributed by atoms with Crippen molar-refractivity contribution in [2.24, 2.45) is 5.92 Å². The van der Waals surface area contributed by atoms with Gasteiger partial charge in [0.15, 0.2) is 0 Å². The number of nitrogens with zero attached hydrogens (tertiary/aromatic N) is 1. The van der Waals surface area contributed by atoms with Gasteiger partial charge >= 0.3 is 0 Å². The van der Waals surface area contributed by atoms with Crippen LogP contribution in [0.4, 0.5) is 0 Å². The number of hydrogen-bond donors (Lipinski definition) is 2. The average molecular weight is 236 g/mol. The highest BCUT2D eigenvalue weighted by molar-refractivity contribution is 5.94. The van der Waals surface area contributed by atoms with E-state index in [1.165, 1.54) is 0 Å². The number of aromatic nitrogens is 1. The quantitative estimate of drug-likeness (QED) is 0.736. The van der Waals surface area contributed by atoms with E-state index in [1.54, 1.807) is 18.3 Å². The molecule has 4 heteroatoms. The van der Waals surface area contributed by atoms with Gasteiger partial charge in [0.2, 0.25) is 0 Å². The molecule has 1 amide bonds. The number of amides is 1. The predicted molar refractivity (Wildman–Crippen MR) is 66.8 cm³/mol. The van der Waals surface area contributed by atoms with Crippen LogP contribution in [0.25, 0.3) is 0 Å². The van der Waals surface area contributed by atoms with Crippen LogP contribution >= 0.6 is 0 Å². The molecule has 1 rings (SSSR count).